The van der Waals surface area contributed by atoms with E-state index in [9.17, 15) is 17.6 Å². The highest BCUT2D eigenvalue weighted by Gasteiger charge is 2.28. The van der Waals surface area contributed by atoms with Gasteiger partial charge in [-0.15, -0.1) is 0 Å². The van der Waals surface area contributed by atoms with Crippen LogP contribution in [0.2, 0.25) is 10.0 Å². The van der Waals surface area contributed by atoms with Crippen LogP contribution in [-0.2, 0) is 14.8 Å². The Hall–Kier alpha value is -2.69. The molecule has 0 spiro atoms. The van der Waals surface area contributed by atoms with Crippen molar-refractivity contribution in [2.24, 2.45) is 5.92 Å². The lowest BCUT2D eigenvalue weighted by Gasteiger charge is -2.34. The largest absolute Gasteiger partial charge is 0.493 e. The second-order valence-corrected chi connectivity index (χ2v) is 12.4. The van der Waals surface area contributed by atoms with Crippen LogP contribution in [0.25, 0.3) is 10.9 Å². The molecule has 1 atom stereocenters. The fraction of sp³-hybridized carbons (Fsp3) is 0.400. The predicted octanol–water partition coefficient (Wildman–Crippen LogP) is 6.44. The number of hydrogen-bond donors (Lipinski definition) is 2. The van der Waals surface area contributed by atoms with Crippen molar-refractivity contribution in [1.82, 2.24) is 9.88 Å². The first-order chi connectivity index (χ1) is 17.3. The molecule has 1 aliphatic rings. The van der Waals surface area contributed by atoms with Gasteiger partial charge in [0.15, 0.2) is 0 Å². The number of piperidine rings is 1. The average Bonchev–Trinajstić information content (AvgIpc) is 3.21. The first-order valence-electron chi connectivity index (χ1n) is 11.7. The number of amides is 1. The van der Waals surface area contributed by atoms with Crippen molar-refractivity contribution in [2.45, 2.75) is 44.1 Å². The number of benzene rings is 2. The Labute approximate surface area is 225 Å². The number of ether oxygens (including phenoxy) is 2. The van der Waals surface area contributed by atoms with Gasteiger partial charge in [0.1, 0.15) is 22.1 Å². The summed E-state index contributed by atoms with van der Waals surface area (Å²) in [5.41, 5.74) is -0.0181. The molecule has 1 aliphatic heterocycles. The van der Waals surface area contributed by atoms with Crippen molar-refractivity contribution in [1.29, 1.82) is 0 Å². The topological polar surface area (TPSA) is 101 Å². The van der Waals surface area contributed by atoms with E-state index in [-0.39, 0.29) is 30.1 Å². The molecule has 4 rings (SSSR count). The van der Waals surface area contributed by atoms with E-state index in [1.54, 1.807) is 4.90 Å². The standard InChI is InChI=1S/C25H28Cl2FN3O5S/c1-25(2,3)36-24(32)31-10-4-5-15(13-31)14-35-16-6-9-21(19(28)11-16)37(33,34)30-20-8-7-17(26)22-18(27)12-29-23(20)22/h6-9,11-12,15,29-30H,4-5,10,13-14H2,1-3H3/t15-/m1/s1. The molecule has 1 aromatic heterocycles. The van der Waals surface area contributed by atoms with Gasteiger partial charge in [-0.2, -0.15) is 0 Å². The number of nitrogens with one attached hydrogen (secondary N) is 2. The van der Waals surface area contributed by atoms with E-state index in [0.717, 1.165) is 25.0 Å². The fourth-order valence-electron chi connectivity index (χ4n) is 4.15. The summed E-state index contributed by atoms with van der Waals surface area (Å²) in [4.78, 5) is 16.4. The zero-order valence-electron chi connectivity index (χ0n) is 20.6. The SMILES string of the molecule is CC(C)(C)OC(=O)N1CCC[C@@H](COc2ccc(S(=O)(=O)Nc3ccc(Cl)c4c(Cl)c[nH]c34)c(F)c2)C1. The molecule has 1 amide bonds. The van der Waals surface area contributed by atoms with Gasteiger partial charge >= 0.3 is 6.09 Å². The van der Waals surface area contributed by atoms with Crippen molar-refractivity contribution in [3.8, 4) is 5.75 Å². The highest BCUT2D eigenvalue weighted by Crippen LogP contribution is 2.35. The van der Waals surface area contributed by atoms with Crippen LogP contribution in [0.4, 0.5) is 14.9 Å². The minimum Gasteiger partial charge on any atom is -0.493 e. The summed E-state index contributed by atoms with van der Waals surface area (Å²) in [6.45, 7) is 6.76. The second-order valence-electron chi connectivity index (χ2n) is 9.92. The van der Waals surface area contributed by atoms with Gasteiger partial charge in [-0.1, -0.05) is 23.2 Å². The first kappa shape index (κ1) is 27.3. The van der Waals surface area contributed by atoms with Gasteiger partial charge in [0.05, 0.1) is 27.9 Å². The number of aromatic amines is 1. The highest BCUT2D eigenvalue weighted by atomic mass is 35.5. The molecule has 2 aromatic carbocycles. The van der Waals surface area contributed by atoms with Crippen molar-refractivity contribution < 1.29 is 27.1 Å². The van der Waals surface area contributed by atoms with Gasteiger partial charge < -0.3 is 19.4 Å². The Morgan fingerprint density at radius 2 is 1.97 bits per heavy atom. The van der Waals surface area contributed by atoms with E-state index in [0.29, 0.717) is 34.0 Å². The molecule has 3 aromatic rings. The van der Waals surface area contributed by atoms with Gasteiger partial charge in [0.2, 0.25) is 0 Å². The molecule has 0 saturated carbocycles. The Bertz CT molecular complexity index is 1420. The maximum Gasteiger partial charge on any atom is 0.410 e. The molecule has 2 heterocycles. The highest BCUT2D eigenvalue weighted by molar-refractivity contribution is 7.92. The molecule has 1 fully saturated rings. The number of nitrogens with zero attached hydrogens (tertiary/aromatic N) is 1. The molecule has 0 unspecified atom stereocenters. The van der Waals surface area contributed by atoms with E-state index in [1.165, 1.54) is 24.4 Å². The summed E-state index contributed by atoms with van der Waals surface area (Å²) in [6, 6.07) is 6.55. The number of likely N-dealkylation sites (tertiary alicyclic amines) is 1. The van der Waals surface area contributed by atoms with E-state index in [2.05, 4.69) is 9.71 Å². The third kappa shape index (κ3) is 6.42. The second kappa shape index (κ2) is 10.6. The number of hydrogen-bond acceptors (Lipinski definition) is 5. The van der Waals surface area contributed by atoms with Gasteiger partial charge in [-0.3, -0.25) is 4.72 Å². The Morgan fingerprint density at radius 3 is 2.68 bits per heavy atom. The molecule has 0 aliphatic carbocycles. The van der Waals surface area contributed by atoms with Crippen LogP contribution in [-0.4, -0.2) is 49.7 Å². The van der Waals surface area contributed by atoms with Crippen LogP contribution in [0.1, 0.15) is 33.6 Å². The molecule has 0 radical (unpaired) electrons. The number of anilines is 1. The van der Waals surface area contributed by atoms with Crippen LogP contribution in [0.15, 0.2) is 41.4 Å². The average molecular weight is 572 g/mol. The zero-order chi connectivity index (χ0) is 27.0. The monoisotopic (exact) mass is 571 g/mol. The van der Waals surface area contributed by atoms with Gasteiger partial charge in [-0.25, -0.2) is 17.6 Å². The lowest BCUT2D eigenvalue weighted by Crippen LogP contribution is -2.44. The summed E-state index contributed by atoms with van der Waals surface area (Å²) in [5.74, 6) is -0.732. The molecular formula is C25H28Cl2FN3O5S. The van der Waals surface area contributed by atoms with Crippen LogP contribution in [0.5, 0.6) is 5.75 Å². The Balaban J connectivity index is 1.42. The minimum absolute atomic E-state index is 0.0364. The first-order valence-corrected chi connectivity index (χ1v) is 14.0. The van der Waals surface area contributed by atoms with E-state index in [1.807, 2.05) is 20.8 Å². The third-order valence-electron chi connectivity index (χ3n) is 5.83. The molecule has 1 saturated heterocycles. The number of aromatic nitrogens is 1. The van der Waals surface area contributed by atoms with Crippen LogP contribution < -0.4 is 9.46 Å². The molecule has 0 bridgehead atoms. The number of carbonyl (C=O) groups excluding carboxylic acids is 1. The molecule has 37 heavy (non-hydrogen) atoms. The van der Waals surface area contributed by atoms with Crippen LogP contribution >= 0.6 is 23.2 Å². The molecule has 12 heteroatoms. The van der Waals surface area contributed by atoms with Crippen LogP contribution in [0, 0.1) is 11.7 Å². The van der Waals surface area contributed by atoms with Gasteiger partial charge in [-0.05, 0) is 57.9 Å². The van der Waals surface area contributed by atoms with E-state index in [4.69, 9.17) is 32.7 Å². The van der Waals surface area contributed by atoms with Gasteiger partial charge in [0.25, 0.3) is 10.0 Å². The fourth-order valence-corrected chi connectivity index (χ4v) is 5.84. The number of carbonyl (C=O) groups is 1. The summed E-state index contributed by atoms with van der Waals surface area (Å²) >= 11 is 12.3. The maximum absolute atomic E-state index is 14.9. The quantitative estimate of drug-likeness (QED) is 0.354. The molecule has 200 valence electrons. The number of fused-ring (bicyclic) bond motifs is 1. The smallest absolute Gasteiger partial charge is 0.410 e. The summed E-state index contributed by atoms with van der Waals surface area (Å²) in [6.07, 6.45) is 2.76. The summed E-state index contributed by atoms with van der Waals surface area (Å²) in [7, 11) is -4.27. The predicted molar refractivity (Wildman–Crippen MR) is 142 cm³/mol. The summed E-state index contributed by atoms with van der Waals surface area (Å²) in [5, 5.41) is 1.14. The maximum atomic E-state index is 14.9. The zero-order valence-corrected chi connectivity index (χ0v) is 22.9. The van der Waals surface area contributed by atoms with Gasteiger partial charge in [0, 0.05) is 36.7 Å². The molecular weight excluding hydrogens is 544 g/mol. The normalized spacial score (nSPS) is 16.6. The van der Waals surface area contributed by atoms with Crippen molar-refractivity contribution >= 4 is 55.9 Å². The minimum atomic E-state index is -4.27. The Morgan fingerprint density at radius 1 is 1.22 bits per heavy atom. The van der Waals surface area contributed by atoms with E-state index < -0.39 is 26.3 Å². The molecule has 2 N–H and O–H groups in total. The molecule has 8 nitrogen and oxygen atoms in total. The van der Waals surface area contributed by atoms with Crippen molar-refractivity contribution in [3.05, 3.63) is 52.4 Å². The van der Waals surface area contributed by atoms with Crippen LogP contribution in [0.3, 0.4) is 0 Å². The number of rotatable bonds is 6. The van der Waals surface area contributed by atoms with Crippen molar-refractivity contribution in [3.63, 3.8) is 0 Å². The Kier molecular flexibility index (Phi) is 7.83. The van der Waals surface area contributed by atoms with E-state index >= 15 is 0 Å². The lowest BCUT2D eigenvalue weighted by molar-refractivity contribution is 0.0139. The number of sulfonamides is 1. The van der Waals surface area contributed by atoms with Crippen molar-refractivity contribution in [2.75, 3.05) is 24.4 Å². The third-order valence-corrected chi connectivity index (χ3v) is 7.84. The lowest BCUT2D eigenvalue weighted by atomic mass is 9.99. The number of H-pyrrole nitrogens is 1. The summed E-state index contributed by atoms with van der Waals surface area (Å²) < 4.78 is 54.4. The number of halogens is 3.